The lowest BCUT2D eigenvalue weighted by molar-refractivity contribution is -0.151. The fourth-order valence-corrected chi connectivity index (χ4v) is 2.57. The summed E-state index contributed by atoms with van der Waals surface area (Å²) >= 11 is 0. The number of pyridine rings is 1. The maximum absolute atomic E-state index is 12.2. The van der Waals surface area contributed by atoms with E-state index in [9.17, 15) is 14.7 Å². The van der Waals surface area contributed by atoms with Gasteiger partial charge >= 0.3 is 11.9 Å². The highest BCUT2D eigenvalue weighted by molar-refractivity contribution is 5.73. The molecule has 28 heavy (non-hydrogen) atoms. The van der Waals surface area contributed by atoms with Gasteiger partial charge in [-0.05, 0) is 19.8 Å². The van der Waals surface area contributed by atoms with Gasteiger partial charge in [-0.25, -0.2) is 0 Å². The third kappa shape index (κ3) is 6.32. The second-order valence-electron chi connectivity index (χ2n) is 6.44. The van der Waals surface area contributed by atoms with Gasteiger partial charge in [-0.2, -0.15) is 0 Å². The molecule has 1 aromatic rings. The molecule has 2 atom stereocenters. The Bertz CT molecular complexity index is 772. The van der Waals surface area contributed by atoms with E-state index in [4.69, 9.17) is 22.3 Å². The molecule has 1 heterocycles. The monoisotopic (exact) mass is 385 g/mol. The van der Waals surface area contributed by atoms with Gasteiger partial charge in [-0.15, -0.1) is 24.7 Å². The zero-order chi connectivity index (χ0) is 21.1. The summed E-state index contributed by atoms with van der Waals surface area (Å²) < 4.78 is 10.7. The van der Waals surface area contributed by atoms with Crippen molar-refractivity contribution in [2.75, 3.05) is 0 Å². The molecule has 0 fully saturated rings. The van der Waals surface area contributed by atoms with Crippen LogP contribution in [-0.4, -0.2) is 22.0 Å². The van der Waals surface area contributed by atoms with E-state index in [1.54, 1.807) is 6.92 Å². The molecule has 1 rings (SSSR count). The lowest BCUT2D eigenvalue weighted by atomic mass is 10.0. The van der Waals surface area contributed by atoms with Crippen LogP contribution in [0.15, 0.2) is 6.20 Å². The van der Waals surface area contributed by atoms with Gasteiger partial charge in [-0.3, -0.25) is 14.6 Å². The van der Waals surface area contributed by atoms with Crippen LogP contribution in [0.5, 0.6) is 5.75 Å². The minimum atomic E-state index is -0.433. The SMILES string of the molecule is C#CCC(CC)C(=O)OCc1cnc(C)c(O)c1COC(=O)C(CC)CC#C. The van der Waals surface area contributed by atoms with Crippen LogP contribution in [0.4, 0.5) is 0 Å². The highest BCUT2D eigenvalue weighted by atomic mass is 16.5. The summed E-state index contributed by atoms with van der Waals surface area (Å²) in [7, 11) is 0. The van der Waals surface area contributed by atoms with Gasteiger partial charge in [0.2, 0.25) is 0 Å². The van der Waals surface area contributed by atoms with Gasteiger partial charge < -0.3 is 14.6 Å². The quantitative estimate of drug-likeness (QED) is 0.491. The number of hydrogen-bond acceptors (Lipinski definition) is 6. The largest absolute Gasteiger partial charge is 0.506 e. The second-order valence-corrected chi connectivity index (χ2v) is 6.44. The lowest BCUT2D eigenvalue weighted by Crippen LogP contribution is -2.19. The molecule has 0 radical (unpaired) electrons. The van der Waals surface area contributed by atoms with Gasteiger partial charge in [0.05, 0.1) is 17.5 Å². The number of terminal acetylenes is 2. The average Bonchev–Trinajstić information content (AvgIpc) is 2.69. The number of nitrogens with zero attached hydrogens (tertiary/aromatic N) is 1. The molecule has 0 spiro atoms. The second kappa shape index (κ2) is 11.7. The molecule has 0 amide bonds. The Morgan fingerprint density at radius 1 is 1.07 bits per heavy atom. The first-order chi connectivity index (χ1) is 13.4. The van der Waals surface area contributed by atoms with E-state index in [1.807, 2.05) is 13.8 Å². The van der Waals surface area contributed by atoms with Crippen molar-refractivity contribution in [2.24, 2.45) is 11.8 Å². The van der Waals surface area contributed by atoms with Crippen molar-refractivity contribution in [1.82, 2.24) is 4.98 Å². The summed E-state index contributed by atoms with van der Waals surface area (Å²) in [6, 6.07) is 0. The predicted octanol–water partition coefficient (Wildman–Crippen LogP) is 3.28. The van der Waals surface area contributed by atoms with Gasteiger partial charge in [0.25, 0.3) is 0 Å². The lowest BCUT2D eigenvalue weighted by Gasteiger charge is -2.17. The van der Waals surface area contributed by atoms with Crippen molar-refractivity contribution >= 4 is 11.9 Å². The van der Waals surface area contributed by atoms with Crippen LogP contribution in [0.2, 0.25) is 0 Å². The van der Waals surface area contributed by atoms with Crippen LogP contribution < -0.4 is 0 Å². The molecule has 0 aliphatic rings. The number of aryl methyl sites for hydroxylation is 1. The van der Waals surface area contributed by atoms with E-state index >= 15 is 0 Å². The van der Waals surface area contributed by atoms with Crippen LogP contribution in [-0.2, 0) is 32.3 Å². The van der Waals surface area contributed by atoms with Crippen molar-refractivity contribution in [3.63, 3.8) is 0 Å². The van der Waals surface area contributed by atoms with Crippen molar-refractivity contribution < 1.29 is 24.2 Å². The minimum Gasteiger partial charge on any atom is -0.506 e. The fourth-order valence-electron chi connectivity index (χ4n) is 2.57. The molecule has 1 aromatic heterocycles. The number of carbonyl (C=O) groups excluding carboxylic acids is 2. The van der Waals surface area contributed by atoms with E-state index in [1.165, 1.54) is 6.20 Å². The summed E-state index contributed by atoms with van der Waals surface area (Å²) in [6.45, 7) is 5.07. The third-order valence-electron chi connectivity index (χ3n) is 4.54. The molecule has 2 unspecified atom stereocenters. The molecular formula is C22H27NO5. The topological polar surface area (TPSA) is 85.7 Å². The maximum Gasteiger partial charge on any atom is 0.310 e. The minimum absolute atomic E-state index is 0.0954. The van der Waals surface area contributed by atoms with Crippen LogP contribution >= 0.6 is 0 Å². The number of aromatic nitrogens is 1. The number of carbonyl (C=O) groups is 2. The van der Waals surface area contributed by atoms with Crippen molar-refractivity contribution in [2.45, 2.75) is 59.7 Å². The first kappa shape index (κ1) is 23.0. The van der Waals surface area contributed by atoms with E-state index in [0.717, 1.165) is 0 Å². The predicted molar refractivity (Wildman–Crippen MR) is 105 cm³/mol. The van der Waals surface area contributed by atoms with Crippen molar-refractivity contribution in [3.05, 3.63) is 23.0 Å². The molecular weight excluding hydrogens is 358 g/mol. The summed E-state index contributed by atoms with van der Waals surface area (Å²) in [5.41, 5.74) is 1.20. The van der Waals surface area contributed by atoms with Gasteiger partial charge in [-0.1, -0.05) is 13.8 Å². The standard InChI is InChI=1S/C22H27NO5/c1-6-10-16(8-3)21(25)27-13-18-12-23-15(5)20(24)19(18)14-28-22(26)17(9-4)11-7-2/h1-2,12,16-17,24H,8-11,13-14H2,3-5H3. The smallest absolute Gasteiger partial charge is 0.310 e. The zero-order valence-electron chi connectivity index (χ0n) is 16.7. The summed E-state index contributed by atoms with van der Waals surface area (Å²) in [6.07, 6.45) is 13.8. The van der Waals surface area contributed by atoms with Gasteiger partial charge in [0.1, 0.15) is 19.0 Å². The number of ether oxygens (including phenoxy) is 2. The Morgan fingerprint density at radius 3 is 2.04 bits per heavy atom. The zero-order valence-corrected chi connectivity index (χ0v) is 16.7. The summed E-state index contributed by atoms with van der Waals surface area (Å²) in [5, 5.41) is 10.3. The maximum atomic E-state index is 12.2. The van der Waals surface area contributed by atoms with Crippen LogP contribution in [0.1, 0.15) is 56.4 Å². The Morgan fingerprint density at radius 2 is 1.57 bits per heavy atom. The number of aromatic hydroxyl groups is 1. The molecule has 0 bridgehead atoms. The molecule has 6 nitrogen and oxygen atoms in total. The summed E-state index contributed by atoms with van der Waals surface area (Å²) in [5.74, 6) is 3.20. The van der Waals surface area contributed by atoms with Crippen LogP contribution in [0, 0.1) is 43.4 Å². The summed E-state index contributed by atoms with van der Waals surface area (Å²) in [4.78, 5) is 28.4. The fraction of sp³-hybridized carbons (Fsp3) is 0.500. The molecule has 0 aromatic carbocycles. The Kier molecular flexibility index (Phi) is 9.60. The molecule has 0 aliphatic heterocycles. The first-order valence-corrected chi connectivity index (χ1v) is 9.25. The van der Waals surface area contributed by atoms with Crippen molar-refractivity contribution in [1.29, 1.82) is 0 Å². The third-order valence-corrected chi connectivity index (χ3v) is 4.54. The molecule has 6 heteroatoms. The van der Waals surface area contributed by atoms with E-state index in [0.29, 0.717) is 36.1 Å². The number of rotatable bonds is 10. The highest BCUT2D eigenvalue weighted by Gasteiger charge is 2.21. The number of esters is 2. The molecule has 1 N–H and O–H groups in total. The van der Waals surface area contributed by atoms with E-state index in [2.05, 4.69) is 16.8 Å². The van der Waals surface area contributed by atoms with Crippen molar-refractivity contribution in [3.8, 4) is 30.4 Å². The number of hydrogen-bond donors (Lipinski definition) is 1. The molecule has 0 saturated heterocycles. The van der Waals surface area contributed by atoms with E-state index in [-0.39, 0.29) is 31.3 Å². The average molecular weight is 385 g/mol. The van der Waals surface area contributed by atoms with Gasteiger partial charge in [0.15, 0.2) is 0 Å². The normalized spacial score (nSPS) is 12.3. The van der Waals surface area contributed by atoms with Crippen LogP contribution in [0.3, 0.4) is 0 Å². The van der Waals surface area contributed by atoms with E-state index < -0.39 is 17.9 Å². The molecule has 0 aliphatic carbocycles. The van der Waals surface area contributed by atoms with Crippen LogP contribution in [0.25, 0.3) is 0 Å². The molecule has 0 saturated carbocycles. The highest BCUT2D eigenvalue weighted by Crippen LogP contribution is 2.26. The Balaban J connectivity index is 2.90. The Hall–Kier alpha value is -2.99. The first-order valence-electron chi connectivity index (χ1n) is 9.25. The molecule has 150 valence electrons. The Labute approximate surface area is 166 Å². The van der Waals surface area contributed by atoms with Gasteiger partial charge in [0, 0.05) is 30.2 Å².